The average molecular weight is 435 g/mol. The molecule has 2 aromatic rings. The number of carbonyl (C=O) groups is 1. The maximum absolute atomic E-state index is 14.3. The highest BCUT2D eigenvalue weighted by molar-refractivity contribution is 7.89. The molecule has 2 N–H and O–H groups in total. The number of halogens is 1. The van der Waals surface area contributed by atoms with E-state index in [0.29, 0.717) is 17.4 Å². The Bertz CT molecular complexity index is 1030. The predicted octanol–water partition coefficient (Wildman–Crippen LogP) is 4.19. The number of methoxy groups -OCH3 is 1. The molecule has 0 heterocycles. The zero-order valence-electron chi connectivity index (χ0n) is 17.3. The van der Waals surface area contributed by atoms with Crippen LogP contribution in [0.4, 0.5) is 10.1 Å². The lowest BCUT2D eigenvalue weighted by molar-refractivity contribution is 0.102. The van der Waals surface area contributed by atoms with Gasteiger partial charge in [0.2, 0.25) is 10.0 Å². The molecule has 2 aromatic carbocycles. The molecule has 3 atom stereocenters. The molecule has 30 heavy (non-hydrogen) atoms. The first-order chi connectivity index (χ1) is 14.2. The molecule has 8 heteroatoms. The summed E-state index contributed by atoms with van der Waals surface area (Å²) in [6.07, 6.45) is 2.79. The number of rotatable bonds is 6. The molecule has 0 aliphatic heterocycles. The molecule has 0 radical (unpaired) electrons. The monoisotopic (exact) mass is 434 g/mol. The van der Waals surface area contributed by atoms with Gasteiger partial charge in [0, 0.05) is 17.8 Å². The predicted molar refractivity (Wildman–Crippen MR) is 114 cm³/mol. The van der Waals surface area contributed by atoms with Crippen molar-refractivity contribution in [3.63, 3.8) is 0 Å². The Kier molecular flexibility index (Phi) is 6.77. The second-order valence-electron chi connectivity index (χ2n) is 7.82. The molecule has 1 saturated carbocycles. The third-order valence-electron chi connectivity index (χ3n) is 5.83. The highest BCUT2D eigenvalue weighted by Gasteiger charge is 2.31. The summed E-state index contributed by atoms with van der Waals surface area (Å²) in [6, 6.07) is 9.68. The fourth-order valence-electron chi connectivity index (χ4n) is 3.76. The molecular weight excluding hydrogens is 407 g/mol. The quantitative estimate of drug-likeness (QED) is 0.714. The van der Waals surface area contributed by atoms with Gasteiger partial charge < -0.3 is 10.1 Å². The van der Waals surface area contributed by atoms with Crippen LogP contribution in [-0.4, -0.2) is 27.5 Å². The Morgan fingerprint density at radius 1 is 1.13 bits per heavy atom. The van der Waals surface area contributed by atoms with E-state index in [1.165, 1.54) is 13.2 Å². The molecule has 162 valence electrons. The van der Waals surface area contributed by atoms with Gasteiger partial charge >= 0.3 is 0 Å². The van der Waals surface area contributed by atoms with Crippen molar-refractivity contribution in [1.29, 1.82) is 0 Å². The van der Waals surface area contributed by atoms with Crippen LogP contribution in [0.1, 0.15) is 43.5 Å². The maximum Gasteiger partial charge on any atom is 0.258 e. The van der Waals surface area contributed by atoms with E-state index in [1.807, 2.05) is 6.92 Å². The van der Waals surface area contributed by atoms with Crippen LogP contribution < -0.4 is 14.8 Å². The van der Waals surface area contributed by atoms with Gasteiger partial charge in [-0.1, -0.05) is 32.8 Å². The van der Waals surface area contributed by atoms with Crippen LogP contribution in [0.3, 0.4) is 0 Å². The topological polar surface area (TPSA) is 84.5 Å². The molecule has 0 unspecified atom stereocenters. The van der Waals surface area contributed by atoms with Crippen molar-refractivity contribution < 1.29 is 22.3 Å². The minimum Gasteiger partial charge on any atom is -0.497 e. The SMILES string of the molecule is COc1cccc(NC(=O)c2cc(S(=O)(=O)N[C@@H]3CCC[C@H](C)[C@@H]3C)ccc2F)c1. The van der Waals surface area contributed by atoms with E-state index in [1.54, 1.807) is 24.3 Å². The first kappa shape index (κ1) is 22.2. The van der Waals surface area contributed by atoms with Gasteiger partial charge in [-0.15, -0.1) is 0 Å². The van der Waals surface area contributed by atoms with Gasteiger partial charge in [0.25, 0.3) is 5.91 Å². The minimum atomic E-state index is -3.89. The highest BCUT2D eigenvalue weighted by Crippen LogP contribution is 2.30. The highest BCUT2D eigenvalue weighted by atomic mass is 32.2. The molecule has 1 aliphatic carbocycles. The Balaban J connectivity index is 1.82. The Hall–Kier alpha value is -2.45. The molecule has 1 fully saturated rings. The van der Waals surface area contributed by atoms with E-state index in [2.05, 4.69) is 17.0 Å². The Morgan fingerprint density at radius 2 is 1.90 bits per heavy atom. The lowest BCUT2D eigenvalue weighted by Gasteiger charge is -2.34. The summed E-state index contributed by atoms with van der Waals surface area (Å²) in [7, 11) is -2.39. The van der Waals surface area contributed by atoms with Crippen molar-refractivity contribution in [1.82, 2.24) is 4.72 Å². The number of nitrogens with one attached hydrogen (secondary N) is 2. The van der Waals surface area contributed by atoms with E-state index in [0.717, 1.165) is 31.4 Å². The van der Waals surface area contributed by atoms with Gasteiger partial charge in [-0.2, -0.15) is 0 Å². The van der Waals surface area contributed by atoms with Gasteiger partial charge in [0.05, 0.1) is 17.6 Å². The third-order valence-corrected chi connectivity index (χ3v) is 7.32. The molecule has 0 spiro atoms. The van der Waals surface area contributed by atoms with Crippen LogP contribution in [-0.2, 0) is 10.0 Å². The largest absolute Gasteiger partial charge is 0.497 e. The summed E-state index contributed by atoms with van der Waals surface area (Å²) in [5, 5.41) is 2.57. The minimum absolute atomic E-state index is 0.134. The number of benzene rings is 2. The smallest absolute Gasteiger partial charge is 0.258 e. The van der Waals surface area contributed by atoms with Crippen molar-refractivity contribution >= 4 is 21.6 Å². The first-order valence-electron chi connectivity index (χ1n) is 9.98. The van der Waals surface area contributed by atoms with E-state index in [4.69, 9.17) is 4.74 Å². The van der Waals surface area contributed by atoms with Crippen LogP contribution >= 0.6 is 0 Å². The van der Waals surface area contributed by atoms with Gasteiger partial charge in [0.1, 0.15) is 11.6 Å². The van der Waals surface area contributed by atoms with Gasteiger partial charge in [-0.05, 0) is 48.6 Å². The summed E-state index contributed by atoms with van der Waals surface area (Å²) >= 11 is 0. The average Bonchev–Trinajstić information content (AvgIpc) is 2.71. The normalized spacial score (nSPS) is 21.8. The lowest BCUT2D eigenvalue weighted by atomic mass is 9.78. The van der Waals surface area contributed by atoms with Crippen LogP contribution in [0.5, 0.6) is 5.75 Å². The third kappa shape index (κ3) is 4.99. The van der Waals surface area contributed by atoms with E-state index in [9.17, 15) is 17.6 Å². The summed E-state index contributed by atoms with van der Waals surface area (Å²) in [4.78, 5) is 12.5. The number of anilines is 1. The number of hydrogen-bond acceptors (Lipinski definition) is 4. The van der Waals surface area contributed by atoms with Gasteiger partial charge in [-0.3, -0.25) is 4.79 Å². The molecule has 0 aromatic heterocycles. The van der Waals surface area contributed by atoms with Crippen LogP contribution in [0.25, 0.3) is 0 Å². The van der Waals surface area contributed by atoms with E-state index in [-0.39, 0.29) is 22.4 Å². The van der Waals surface area contributed by atoms with Crippen molar-refractivity contribution in [2.75, 3.05) is 12.4 Å². The molecule has 3 rings (SSSR count). The number of carbonyl (C=O) groups excluding carboxylic acids is 1. The van der Waals surface area contributed by atoms with Gasteiger partial charge in [0.15, 0.2) is 0 Å². The summed E-state index contributed by atoms with van der Waals surface area (Å²) in [6.45, 7) is 4.15. The fourth-order valence-corrected chi connectivity index (χ4v) is 5.15. The van der Waals surface area contributed by atoms with Crippen LogP contribution in [0, 0.1) is 17.7 Å². The number of hydrogen-bond donors (Lipinski definition) is 2. The van der Waals surface area contributed by atoms with E-state index < -0.39 is 21.7 Å². The first-order valence-corrected chi connectivity index (χ1v) is 11.5. The summed E-state index contributed by atoms with van der Waals surface area (Å²) in [5.41, 5.74) is 0.0703. The van der Waals surface area contributed by atoms with Crippen LogP contribution in [0.15, 0.2) is 47.4 Å². The van der Waals surface area contributed by atoms with Crippen molar-refractivity contribution in [3.05, 3.63) is 53.8 Å². The molecule has 0 saturated heterocycles. The van der Waals surface area contributed by atoms with Crippen molar-refractivity contribution in [3.8, 4) is 5.75 Å². The standard InChI is InChI=1S/C22H27FN2O4S/c1-14-6-4-9-21(15(14)2)25-30(27,28)18-10-11-20(23)19(13-18)22(26)24-16-7-5-8-17(12-16)29-3/h5,7-8,10-15,21,25H,4,6,9H2,1-3H3,(H,24,26)/t14-,15-,21+/m0/s1. The maximum atomic E-state index is 14.3. The molecule has 1 aliphatic rings. The molecule has 1 amide bonds. The Labute approximate surface area is 176 Å². The number of ether oxygens (including phenoxy) is 1. The van der Waals surface area contributed by atoms with E-state index >= 15 is 0 Å². The van der Waals surface area contributed by atoms with Gasteiger partial charge in [-0.25, -0.2) is 17.5 Å². The second kappa shape index (κ2) is 9.14. The fraction of sp³-hybridized carbons (Fsp3) is 0.409. The number of amides is 1. The molecular formula is C22H27FN2O4S. The van der Waals surface area contributed by atoms with Crippen molar-refractivity contribution in [2.24, 2.45) is 11.8 Å². The zero-order chi connectivity index (χ0) is 21.9. The Morgan fingerprint density at radius 3 is 2.63 bits per heavy atom. The molecule has 0 bridgehead atoms. The molecule has 6 nitrogen and oxygen atoms in total. The number of sulfonamides is 1. The summed E-state index contributed by atoms with van der Waals surface area (Å²) < 4.78 is 48.0. The lowest BCUT2D eigenvalue weighted by Crippen LogP contribution is -2.43. The summed E-state index contributed by atoms with van der Waals surface area (Å²) in [5.74, 6) is -0.384. The van der Waals surface area contributed by atoms with Crippen LogP contribution in [0.2, 0.25) is 0 Å². The second-order valence-corrected chi connectivity index (χ2v) is 9.54. The zero-order valence-corrected chi connectivity index (χ0v) is 18.1. The van der Waals surface area contributed by atoms with Crippen molar-refractivity contribution in [2.45, 2.75) is 44.0 Å².